The molecule has 2 amide bonds. The lowest BCUT2D eigenvalue weighted by Gasteiger charge is -2.32. The van der Waals surface area contributed by atoms with Gasteiger partial charge < -0.3 is 0 Å². The molecule has 0 spiro atoms. The van der Waals surface area contributed by atoms with E-state index in [-0.39, 0.29) is 17.9 Å². The van der Waals surface area contributed by atoms with Crippen LogP contribution in [-0.2, 0) is 9.59 Å². The highest BCUT2D eigenvalue weighted by Gasteiger charge is 2.29. The van der Waals surface area contributed by atoms with Crippen molar-refractivity contribution < 1.29 is 9.59 Å². The summed E-state index contributed by atoms with van der Waals surface area (Å²) in [6.07, 6.45) is 2.68. The van der Waals surface area contributed by atoms with Crippen molar-refractivity contribution in [2.24, 2.45) is 0 Å². The Bertz CT molecular complexity index is 488. The van der Waals surface area contributed by atoms with Crippen molar-refractivity contribution in [3.63, 3.8) is 0 Å². The number of nitrogens with zero attached hydrogens (tertiary/aromatic N) is 2. The van der Waals surface area contributed by atoms with Crippen LogP contribution < -0.4 is 0 Å². The Hall–Kier alpha value is -1.94. The highest BCUT2D eigenvalue weighted by Crippen LogP contribution is 2.23. The monoisotopic (exact) mass is 272 g/mol. The van der Waals surface area contributed by atoms with Crippen LogP contribution in [0.3, 0.4) is 0 Å². The molecule has 0 fully saturated rings. The molecular formula is C16H20N2O2. The second-order valence-electron chi connectivity index (χ2n) is 4.77. The molecule has 1 heterocycles. The highest BCUT2D eigenvalue weighted by molar-refractivity contribution is 6.12. The van der Waals surface area contributed by atoms with Crippen molar-refractivity contribution in [2.45, 2.75) is 19.9 Å². The molecule has 1 atom stereocenters. The molecule has 20 heavy (non-hydrogen) atoms. The molecular weight excluding hydrogens is 252 g/mol. The maximum absolute atomic E-state index is 11.8. The Kier molecular flexibility index (Phi) is 4.69. The first-order chi connectivity index (χ1) is 9.67. The standard InChI is InChI=1S/C16H20N2O2/c1-3-17(4-2)14(13-8-6-5-7-9-13)12-18-15(19)10-11-16(18)20/h5-11,14H,3-4,12H2,1-2H3. The van der Waals surface area contributed by atoms with Crippen molar-refractivity contribution in [3.05, 3.63) is 48.0 Å². The minimum atomic E-state index is -0.219. The fraction of sp³-hybridized carbons (Fsp3) is 0.375. The lowest BCUT2D eigenvalue weighted by Crippen LogP contribution is -2.40. The van der Waals surface area contributed by atoms with Crippen molar-refractivity contribution in [1.82, 2.24) is 9.80 Å². The van der Waals surface area contributed by atoms with E-state index in [0.29, 0.717) is 6.54 Å². The predicted molar refractivity (Wildman–Crippen MR) is 78.0 cm³/mol. The molecule has 4 heteroatoms. The number of hydrogen-bond donors (Lipinski definition) is 0. The fourth-order valence-corrected chi connectivity index (χ4v) is 2.56. The van der Waals surface area contributed by atoms with Gasteiger partial charge in [0.05, 0.1) is 6.04 Å². The van der Waals surface area contributed by atoms with Gasteiger partial charge in [-0.15, -0.1) is 0 Å². The van der Waals surface area contributed by atoms with Gasteiger partial charge in [0, 0.05) is 18.7 Å². The summed E-state index contributed by atoms with van der Waals surface area (Å²) in [5, 5.41) is 0. The highest BCUT2D eigenvalue weighted by atomic mass is 16.2. The number of carbonyl (C=O) groups excluding carboxylic acids is 2. The molecule has 4 nitrogen and oxygen atoms in total. The van der Waals surface area contributed by atoms with E-state index in [9.17, 15) is 9.59 Å². The molecule has 106 valence electrons. The molecule has 2 rings (SSSR count). The maximum Gasteiger partial charge on any atom is 0.253 e. The topological polar surface area (TPSA) is 40.6 Å². The number of benzene rings is 1. The van der Waals surface area contributed by atoms with E-state index < -0.39 is 0 Å². The summed E-state index contributed by atoms with van der Waals surface area (Å²) in [7, 11) is 0. The quantitative estimate of drug-likeness (QED) is 0.744. The number of imide groups is 1. The fourth-order valence-electron chi connectivity index (χ4n) is 2.56. The summed E-state index contributed by atoms with van der Waals surface area (Å²) in [4.78, 5) is 27.1. The molecule has 0 saturated heterocycles. The van der Waals surface area contributed by atoms with Crippen LogP contribution in [0.15, 0.2) is 42.5 Å². The molecule has 1 aromatic rings. The van der Waals surface area contributed by atoms with Crippen molar-refractivity contribution in [1.29, 1.82) is 0 Å². The average molecular weight is 272 g/mol. The minimum absolute atomic E-state index is 0.0407. The number of rotatable bonds is 6. The zero-order valence-electron chi connectivity index (χ0n) is 12.0. The molecule has 1 unspecified atom stereocenters. The largest absolute Gasteiger partial charge is 0.295 e. The lowest BCUT2D eigenvalue weighted by molar-refractivity contribution is -0.137. The van der Waals surface area contributed by atoms with Gasteiger partial charge in [0.15, 0.2) is 0 Å². The van der Waals surface area contributed by atoms with Crippen molar-refractivity contribution in [3.8, 4) is 0 Å². The van der Waals surface area contributed by atoms with Crippen LogP contribution in [0.2, 0.25) is 0 Å². The van der Waals surface area contributed by atoms with Crippen molar-refractivity contribution >= 4 is 11.8 Å². The third-order valence-corrected chi connectivity index (χ3v) is 3.69. The molecule has 1 aliphatic rings. The summed E-state index contributed by atoms with van der Waals surface area (Å²) in [6.45, 7) is 6.33. The zero-order valence-corrected chi connectivity index (χ0v) is 12.0. The maximum atomic E-state index is 11.8. The predicted octanol–water partition coefficient (Wildman–Crippen LogP) is 1.99. The Labute approximate surface area is 119 Å². The van der Waals surface area contributed by atoms with Crippen molar-refractivity contribution in [2.75, 3.05) is 19.6 Å². The van der Waals surface area contributed by atoms with Crippen LogP contribution in [0.1, 0.15) is 25.5 Å². The van der Waals surface area contributed by atoms with E-state index >= 15 is 0 Å². The van der Waals surface area contributed by atoms with Crippen LogP contribution in [0.4, 0.5) is 0 Å². The third-order valence-electron chi connectivity index (χ3n) is 3.69. The zero-order chi connectivity index (χ0) is 14.5. The minimum Gasteiger partial charge on any atom is -0.295 e. The normalized spacial score (nSPS) is 16.2. The molecule has 0 aromatic heterocycles. The number of hydrogen-bond acceptors (Lipinski definition) is 3. The Morgan fingerprint density at radius 1 is 1.00 bits per heavy atom. The van der Waals surface area contributed by atoms with Gasteiger partial charge in [-0.3, -0.25) is 19.4 Å². The molecule has 0 bridgehead atoms. The van der Waals surface area contributed by atoms with Gasteiger partial charge in [0.2, 0.25) is 0 Å². The number of amides is 2. The van der Waals surface area contributed by atoms with Gasteiger partial charge in [-0.1, -0.05) is 44.2 Å². The molecule has 0 radical (unpaired) electrons. The van der Waals surface area contributed by atoms with E-state index in [2.05, 4.69) is 18.7 Å². The second kappa shape index (κ2) is 6.48. The molecule has 0 aliphatic carbocycles. The van der Waals surface area contributed by atoms with Crippen LogP contribution in [0.5, 0.6) is 0 Å². The first kappa shape index (κ1) is 14.5. The summed E-state index contributed by atoms with van der Waals surface area (Å²) in [5.41, 5.74) is 1.13. The first-order valence-corrected chi connectivity index (χ1v) is 6.99. The van der Waals surface area contributed by atoms with Gasteiger partial charge in [0.25, 0.3) is 11.8 Å². The summed E-state index contributed by atoms with van der Waals surface area (Å²) < 4.78 is 0. The lowest BCUT2D eigenvalue weighted by atomic mass is 10.0. The molecule has 0 saturated carbocycles. The van der Waals surface area contributed by atoms with E-state index in [1.165, 1.54) is 17.1 Å². The molecule has 1 aliphatic heterocycles. The second-order valence-corrected chi connectivity index (χ2v) is 4.77. The van der Waals surface area contributed by atoms with Crippen LogP contribution in [0.25, 0.3) is 0 Å². The number of carbonyl (C=O) groups is 2. The van der Waals surface area contributed by atoms with Gasteiger partial charge in [0.1, 0.15) is 0 Å². The van der Waals surface area contributed by atoms with Gasteiger partial charge in [-0.05, 0) is 18.7 Å². The van der Waals surface area contributed by atoms with Gasteiger partial charge in [-0.25, -0.2) is 0 Å². The van der Waals surface area contributed by atoms with Crippen LogP contribution in [-0.4, -0.2) is 41.2 Å². The molecule has 1 aromatic carbocycles. The van der Waals surface area contributed by atoms with Crippen LogP contribution in [0, 0.1) is 0 Å². The van der Waals surface area contributed by atoms with E-state index in [1.54, 1.807) is 0 Å². The third kappa shape index (κ3) is 2.96. The molecule has 0 N–H and O–H groups in total. The van der Waals surface area contributed by atoms with E-state index in [0.717, 1.165) is 18.7 Å². The summed E-state index contributed by atoms with van der Waals surface area (Å²) in [5.74, 6) is -0.439. The van der Waals surface area contributed by atoms with Crippen LogP contribution >= 0.6 is 0 Å². The smallest absolute Gasteiger partial charge is 0.253 e. The SMILES string of the molecule is CCN(CC)C(CN1C(=O)C=CC1=O)c1ccccc1. The summed E-state index contributed by atoms with van der Waals surface area (Å²) >= 11 is 0. The van der Waals surface area contributed by atoms with E-state index in [1.807, 2.05) is 30.3 Å². The van der Waals surface area contributed by atoms with Gasteiger partial charge >= 0.3 is 0 Å². The Morgan fingerprint density at radius 2 is 1.55 bits per heavy atom. The first-order valence-electron chi connectivity index (χ1n) is 6.99. The average Bonchev–Trinajstić information content (AvgIpc) is 2.80. The van der Waals surface area contributed by atoms with E-state index in [4.69, 9.17) is 0 Å². The Morgan fingerprint density at radius 3 is 2.05 bits per heavy atom. The summed E-state index contributed by atoms with van der Waals surface area (Å²) in [6, 6.07) is 10.1. The van der Waals surface area contributed by atoms with Gasteiger partial charge in [-0.2, -0.15) is 0 Å². The number of likely N-dealkylation sites (N-methyl/N-ethyl adjacent to an activating group) is 1. The Balaban J connectivity index is 2.23.